The summed E-state index contributed by atoms with van der Waals surface area (Å²) in [7, 11) is 0. The molecule has 0 aliphatic carbocycles. The van der Waals surface area contributed by atoms with E-state index in [0.29, 0.717) is 14.0 Å². The zero-order valence-electron chi connectivity index (χ0n) is 6.80. The lowest BCUT2D eigenvalue weighted by Gasteiger charge is -1.85. The molecule has 2 heterocycles. The van der Waals surface area contributed by atoms with E-state index < -0.39 is 0 Å². The van der Waals surface area contributed by atoms with Gasteiger partial charge in [0.15, 0.2) is 3.95 Å². The van der Waals surface area contributed by atoms with Gasteiger partial charge < -0.3 is 10.1 Å². The van der Waals surface area contributed by atoms with Gasteiger partial charge in [-0.1, -0.05) is 11.3 Å². The Kier molecular flexibility index (Phi) is 2.71. The molecule has 0 saturated heterocycles. The third kappa shape index (κ3) is 2.06. The molecule has 72 valence electrons. The maximum Gasteiger partial charge on any atom is 0.209 e. The first-order chi connectivity index (χ1) is 6.75. The third-order valence-electron chi connectivity index (χ3n) is 1.37. The monoisotopic (exact) mass is 243 g/mol. The maximum absolute atomic E-state index is 9.34. The minimum Gasteiger partial charge on any atom is -0.494 e. The second-order valence-electron chi connectivity index (χ2n) is 2.30. The zero-order valence-corrected chi connectivity index (χ0v) is 9.25. The summed E-state index contributed by atoms with van der Waals surface area (Å²) in [4.78, 5) is 11.3. The van der Waals surface area contributed by atoms with E-state index in [4.69, 9.17) is 12.2 Å². The third-order valence-corrected chi connectivity index (χ3v) is 3.21. The van der Waals surface area contributed by atoms with Gasteiger partial charge in [-0.05, 0) is 12.2 Å². The summed E-state index contributed by atoms with van der Waals surface area (Å²) in [6.07, 6.45) is 3.22. The van der Waals surface area contributed by atoms with E-state index in [1.165, 1.54) is 22.7 Å². The van der Waals surface area contributed by atoms with Gasteiger partial charge in [-0.3, -0.25) is 0 Å². The normalized spacial score (nSPS) is 11.1. The number of hydrogen-bond donors (Lipinski definition) is 2. The predicted molar refractivity (Wildman–Crippen MR) is 60.5 cm³/mol. The molecule has 0 radical (unpaired) electrons. The van der Waals surface area contributed by atoms with Crippen LogP contribution in [0.4, 0.5) is 5.13 Å². The Hall–Kier alpha value is -1.05. The quantitative estimate of drug-likeness (QED) is 0.629. The van der Waals surface area contributed by atoms with Crippen molar-refractivity contribution in [2.45, 2.75) is 0 Å². The second-order valence-corrected chi connectivity index (χ2v) is 4.89. The number of rotatable bonds is 2. The first-order valence-corrected chi connectivity index (χ1v) is 5.72. The van der Waals surface area contributed by atoms with Gasteiger partial charge in [0, 0.05) is 11.6 Å². The Morgan fingerprint density at radius 2 is 2.50 bits per heavy atom. The van der Waals surface area contributed by atoms with Crippen LogP contribution in [0.15, 0.2) is 16.6 Å². The summed E-state index contributed by atoms with van der Waals surface area (Å²) < 4.78 is 0.531. The number of H-pyrrole nitrogens is 1. The largest absolute Gasteiger partial charge is 0.494 e. The number of nitrogens with zero attached hydrogens (tertiary/aromatic N) is 2. The van der Waals surface area contributed by atoms with Crippen LogP contribution in [0, 0.1) is 3.95 Å². The first-order valence-electron chi connectivity index (χ1n) is 3.61. The molecule has 0 saturated carbocycles. The molecule has 0 spiro atoms. The molecule has 0 aliphatic heterocycles. The standard InChI is InChI=1S/C7H5N3OS3/c11-5-4(14-7(12)10-5)3-9-6-8-1-2-13-6/h1-3,11H,(H,10,12). The average Bonchev–Trinajstić information content (AvgIpc) is 2.72. The van der Waals surface area contributed by atoms with Crippen molar-refractivity contribution >= 4 is 46.2 Å². The van der Waals surface area contributed by atoms with E-state index >= 15 is 0 Å². The van der Waals surface area contributed by atoms with Crippen molar-refractivity contribution in [2.24, 2.45) is 4.99 Å². The number of aromatic nitrogens is 2. The van der Waals surface area contributed by atoms with Crippen molar-refractivity contribution in [3.05, 3.63) is 20.4 Å². The molecule has 0 fully saturated rings. The molecule has 0 unspecified atom stereocenters. The lowest BCUT2D eigenvalue weighted by atomic mass is 10.6. The topological polar surface area (TPSA) is 61.3 Å². The highest BCUT2D eigenvalue weighted by molar-refractivity contribution is 7.73. The molecule has 4 nitrogen and oxygen atoms in total. The Balaban J connectivity index is 2.26. The molecular weight excluding hydrogens is 238 g/mol. The van der Waals surface area contributed by atoms with E-state index in [2.05, 4.69) is 15.0 Å². The molecule has 7 heteroatoms. The van der Waals surface area contributed by atoms with Crippen LogP contribution >= 0.6 is 34.9 Å². The van der Waals surface area contributed by atoms with E-state index in [1.807, 2.05) is 5.38 Å². The van der Waals surface area contributed by atoms with Gasteiger partial charge in [-0.15, -0.1) is 11.3 Å². The summed E-state index contributed by atoms with van der Waals surface area (Å²) in [5.74, 6) is 0.0558. The molecule has 2 aromatic rings. The van der Waals surface area contributed by atoms with Crippen LogP contribution in [-0.4, -0.2) is 21.3 Å². The summed E-state index contributed by atoms with van der Waals surface area (Å²) >= 11 is 7.57. The van der Waals surface area contributed by atoms with Crippen molar-refractivity contribution in [1.29, 1.82) is 0 Å². The van der Waals surface area contributed by atoms with E-state index in [1.54, 1.807) is 12.4 Å². The van der Waals surface area contributed by atoms with Crippen molar-refractivity contribution < 1.29 is 5.11 Å². The molecule has 2 rings (SSSR count). The second kappa shape index (κ2) is 3.99. The van der Waals surface area contributed by atoms with Crippen LogP contribution in [0.25, 0.3) is 0 Å². The van der Waals surface area contributed by atoms with Crippen molar-refractivity contribution in [3.8, 4) is 5.88 Å². The molecule has 2 N–H and O–H groups in total. The van der Waals surface area contributed by atoms with E-state index in [0.717, 1.165) is 0 Å². The molecule has 0 aromatic carbocycles. The minimum atomic E-state index is 0.0558. The van der Waals surface area contributed by atoms with Crippen LogP contribution in [0.1, 0.15) is 4.88 Å². The molecular formula is C7H5N3OS3. The fourth-order valence-electron chi connectivity index (χ4n) is 0.813. The van der Waals surface area contributed by atoms with Crippen molar-refractivity contribution in [2.75, 3.05) is 0 Å². The van der Waals surface area contributed by atoms with Crippen molar-refractivity contribution in [3.63, 3.8) is 0 Å². The molecule has 0 atom stereocenters. The van der Waals surface area contributed by atoms with Crippen LogP contribution in [0.2, 0.25) is 0 Å². The number of aliphatic imine (C=N–C) groups is 1. The highest BCUT2D eigenvalue weighted by Gasteiger charge is 2.01. The van der Waals surface area contributed by atoms with Gasteiger partial charge in [0.25, 0.3) is 0 Å². The number of hydrogen-bond acceptors (Lipinski definition) is 6. The minimum absolute atomic E-state index is 0.0558. The number of thiazole rings is 2. The molecule has 14 heavy (non-hydrogen) atoms. The summed E-state index contributed by atoms with van der Waals surface area (Å²) in [6.45, 7) is 0. The van der Waals surface area contributed by atoms with Crippen LogP contribution in [0.3, 0.4) is 0 Å². The fraction of sp³-hybridized carbons (Fsp3) is 0. The number of aromatic hydroxyl groups is 1. The van der Waals surface area contributed by atoms with Crippen molar-refractivity contribution in [1.82, 2.24) is 9.97 Å². The Bertz CT molecular complexity index is 496. The highest BCUT2D eigenvalue weighted by atomic mass is 32.1. The predicted octanol–water partition coefficient (Wildman–Crippen LogP) is 2.72. The van der Waals surface area contributed by atoms with Gasteiger partial charge in [-0.2, -0.15) is 0 Å². The van der Waals surface area contributed by atoms with E-state index in [9.17, 15) is 5.11 Å². The highest BCUT2D eigenvalue weighted by Crippen LogP contribution is 2.21. The lowest BCUT2D eigenvalue weighted by Crippen LogP contribution is -1.73. The Labute approximate surface area is 92.6 Å². The maximum atomic E-state index is 9.34. The zero-order chi connectivity index (χ0) is 9.97. The fourth-order valence-corrected chi connectivity index (χ4v) is 2.26. The average molecular weight is 243 g/mol. The number of nitrogens with one attached hydrogen (secondary N) is 1. The van der Waals surface area contributed by atoms with E-state index in [-0.39, 0.29) is 5.88 Å². The van der Waals surface area contributed by atoms with Crippen LogP contribution < -0.4 is 0 Å². The molecule has 0 aliphatic rings. The van der Waals surface area contributed by atoms with Gasteiger partial charge in [0.2, 0.25) is 11.0 Å². The van der Waals surface area contributed by atoms with Gasteiger partial charge >= 0.3 is 0 Å². The lowest BCUT2D eigenvalue weighted by molar-refractivity contribution is 0.456. The first kappa shape index (κ1) is 9.50. The summed E-state index contributed by atoms with van der Waals surface area (Å²) in [5.41, 5.74) is 0. The Morgan fingerprint density at radius 3 is 3.07 bits per heavy atom. The van der Waals surface area contributed by atoms with Crippen LogP contribution in [-0.2, 0) is 0 Å². The smallest absolute Gasteiger partial charge is 0.209 e. The number of aromatic amines is 1. The van der Waals surface area contributed by atoms with Gasteiger partial charge in [-0.25, -0.2) is 9.98 Å². The molecule has 0 amide bonds. The van der Waals surface area contributed by atoms with Gasteiger partial charge in [0.1, 0.15) is 4.88 Å². The summed E-state index contributed by atoms with van der Waals surface area (Å²) in [6, 6.07) is 0. The van der Waals surface area contributed by atoms with Crippen LogP contribution in [0.5, 0.6) is 5.88 Å². The van der Waals surface area contributed by atoms with Gasteiger partial charge in [0.05, 0.1) is 6.21 Å². The SMILES string of the molecule is Oc1[nH]c(=S)sc1C=Nc1nccs1. The summed E-state index contributed by atoms with van der Waals surface area (Å²) in [5, 5.41) is 11.8. The Morgan fingerprint density at radius 1 is 1.64 bits per heavy atom. The molecule has 0 bridgehead atoms. The molecule has 2 aromatic heterocycles.